The van der Waals surface area contributed by atoms with Crippen molar-refractivity contribution in [3.05, 3.63) is 41.5 Å². The Hall–Kier alpha value is -2.28. The molecule has 0 radical (unpaired) electrons. The summed E-state index contributed by atoms with van der Waals surface area (Å²) < 4.78 is 0. The molecule has 22 heavy (non-hydrogen) atoms. The van der Waals surface area contributed by atoms with Crippen LogP contribution in [0.15, 0.2) is 30.3 Å². The fraction of sp³-hybridized carbons (Fsp3) is 0.444. The van der Waals surface area contributed by atoms with E-state index in [1.54, 1.807) is 4.90 Å². The molecule has 4 nitrogen and oxygen atoms in total. The Bertz CT molecular complexity index is 618. The van der Waals surface area contributed by atoms with Gasteiger partial charge in [-0.15, -0.1) is 0 Å². The largest absolute Gasteiger partial charge is 0.465 e. The van der Waals surface area contributed by atoms with Crippen LogP contribution >= 0.6 is 0 Å². The van der Waals surface area contributed by atoms with Crippen molar-refractivity contribution in [3.8, 4) is 6.07 Å². The molecule has 1 unspecified atom stereocenters. The molecule has 0 fully saturated rings. The van der Waals surface area contributed by atoms with Crippen molar-refractivity contribution >= 4 is 11.7 Å². The molecular formula is C18H22N2O2. The lowest BCUT2D eigenvalue weighted by atomic mass is 9.88. The predicted molar refractivity (Wildman–Crippen MR) is 86.4 cm³/mol. The Balaban J connectivity index is 2.14. The lowest BCUT2D eigenvalue weighted by Crippen LogP contribution is -2.51. The first kappa shape index (κ1) is 16.1. The molecule has 0 saturated heterocycles. The minimum Gasteiger partial charge on any atom is -0.465 e. The van der Waals surface area contributed by atoms with E-state index in [0.717, 1.165) is 24.8 Å². The highest BCUT2D eigenvalue weighted by molar-refractivity contribution is 5.69. The van der Waals surface area contributed by atoms with Gasteiger partial charge in [-0.05, 0) is 63.3 Å². The van der Waals surface area contributed by atoms with E-state index in [2.05, 4.69) is 12.1 Å². The average molecular weight is 298 g/mol. The topological polar surface area (TPSA) is 64.3 Å². The molecule has 0 aliphatic heterocycles. The number of nitriles is 1. The Morgan fingerprint density at radius 2 is 1.95 bits per heavy atom. The average Bonchev–Trinajstić information content (AvgIpc) is 2.46. The van der Waals surface area contributed by atoms with Crippen LogP contribution in [0.3, 0.4) is 0 Å². The van der Waals surface area contributed by atoms with Gasteiger partial charge in [0.25, 0.3) is 0 Å². The van der Waals surface area contributed by atoms with Crippen molar-refractivity contribution in [2.45, 2.75) is 51.6 Å². The molecule has 1 amide bonds. The van der Waals surface area contributed by atoms with Crippen LogP contribution in [-0.2, 0) is 0 Å². The minimum absolute atomic E-state index is 0.0274. The van der Waals surface area contributed by atoms with Gasteiger partial charge < -0.3 is 10.0 Å². The highest BCUT2D eigenvalue weighted by atomic mass is 16.4. The molecule has 2 rings (SSSR count). The van der Waals surface area contributed by atoms with Crippen LogP contribution in [0.1, 0.15) is 51.2 Å². The molecule has 1 aromatic carbocycles. The monoisotopic (exact) mass is 298 g/mol. The van der Waals surface area contributed by atoms with Crippen molar-refractivity contribution in [1.82, 2.24) is 4.90 Å². The summed E-state index contributed by atoms with van der Waals surface area (Å²) in [6, 6.07) is 9.71. The first-order valence-corrected chi connectivity index (χ1v) is 7.55. The maximum Gasteiger partial charge on any atom is 0.407 e. The second-order valence-corrected chi connectivity index (χ2v) is 6.67. The maximum atomic E-state index is 11.5. The number of hydrogen-bond acceptors (Lipinski definition) is 2. The Morgan fingerprint density at radius 1 is 1.32 bits per heavy atom. The number of hydrogen-bond donors (Lipinski definition) is 1. The number of nitrogens with zero attached hydrogens (tertiary/aromatic N) is 2. The fourth-order valence-electron chi connectivity index (χ4n) is 3.07. The van der Waals surface area contributed by atoms with E-state index in [1.807, 2.05) is 45.0 Å². The molecule has 4 heteroatoms. The second-order valence-electron chi connectivity index (χ2n) is 6.67. The lowest BCUT2D eigenvalue weighted by molar-refractivity contribution is 0.0673. The molecule has 116 valence electrons. The molecule has 0 heterocycles. The van der Waals surface area contributed by atoms with E-state index >= 15 is 0 Å². The van der Waals surface area contributed by atoms with Gasteiger partial charge in [0, 0.05) is 11.6 Å². The first-order valence-electron chi connectivity index (χ1n) is 7.55. The molecule has 1 aliphatic rings. The third-order valence-corrected chi connectivity index (χ3v) is 4.06. The van der Waals surface area contributed by atoms with Gasteiger partial charge in [0.2, 0.25) is 0 Å². The zero-order chi connectivity index (χ0) is 16.3. The molecule has 1 aliphatic carbocycles. The van der Waals surface area contributed by atoms with Crippen LogP contribution in [-0.4, -0.2) is 27.7 Å². The van der Waals surface area contributed by atoms with Gasteiger partial charge in [-0.25, -0.2) is 4.79 Å². The molecule has 0 saturated carbocycles. The van der Waals surface area contributed by atoms with Crippen molar-refractivity contribution in [2.24, 2.45) is 0 Å². The number of amides is 1. The van der Waals surface area contributed by atoms with Crippen LogP contribution in [0.5, 0.6) is 0 Å². The van der Waals surface area contributed by atoms with Gasteiger partial charge >= 0.3 is 6.09 Å². The Morgan fingerprint density at radius 3 is 2.36 bits per heavy atom. The van der Waals surface area contributed by atoms with Crippen LogP contribution in [0, 0.1) is 11.3 Å². The number of rotatable bonds is 2. The van der Waals surface area contributed by atoms with Gasteiger partial charge in [0.1, 0.15) is 0 Å². The van der Waals surface area contributed by atoms with E-state index in [0.29, 0.717) is 5.56 Å². The molecule has 0 spiro atoms. The van der Waals surface area contributed by atoms with Crippen LogP contribution in [0.25, 0.3) is 5.57 Å². The zero-order valence-corrected chi connectivity index (χ0v) is 13.3. The van der Waals surface area contributed by atoms with E-state index in [4.69, 9.17) is 5.26 Å². The normalized spacial score (nSPS) is 18.3. The van der Waals surface area contributed by atoms with Gasteiger partial charge in [-0.2, -0.15) is 5.26 Å². The summed E-state index contributed by atoms with van der Waals surface area (Å²) in [7, 11) is 0. The molecule has 1 atom stereocenters. The van der Waals surface area contributed by atoms with Gasteiger partial charge in [0.05, 0.1) is 11.6 Å². The maximum absolute atomic E-state index is 11.5. The molecule has 0 aromatic heterocycles. The van der Waals surface area contributed by atoms with Gasteiger partial charge in [-0.3, -0.25) is 0 Å². The quantitative estimate of drug-likeness (QED) is 0.886. The summed E-state index contributed by atoms with van der Waals surface area (Å²) >= 11 is 0. The Labute approximate surface area is 131 Å². The highest BCUT2D eigenvalue weighted by Gasteiger charge is 2.33. The van der Waals surface area contributed by atoms with E-state index < -0.39 is 11.6 Å². The van der Waals surface area contributed by atoms with Crippen molar-refractivity contribution in [3.63, 3.8) is 0 Å². The summed E-state index contributed by atoms with van der Waals surface area (Å²) in [5, 5.41) is 18.3. The standard InChI is InChI=1S/C18H22N2O2/c1-18(2,3)20(17(21)22)16-10-8-15(9-11-16)14-6-4-13(12-19)5-7-14/h4-8,16H,9-11H2,1-3H3,(H,21,22). The van der Waals surface area contributed by atoms with Crippen molar-refractivity contribution in [1.29, 1.82) is 5.26 Å². The van der Waals surface area contributed by atoms with E-state index in [-0.39, 0.29) is 6.04 Å². The summed E-state index contributed by atoms with van der Waals surface area (Å²) in [5.74, 6) is 0. The summed E-state index contributed by atoms with van der Waals surface area (Å²) in [5.41, 5.74) is 2.62. The third-order valence-electron chi connectivity index (χ3n) is 4.06. The van der Waals surface area contributed by atoms with Gasteiger partial charge in [-0.1, -0.05) is 18.2 Å². The zero-order valence-electron chi connectivity index (χ0n) is 13.3. The van der Waals surface area contributed by atoms with Crippen LogP contribution in [0.2, 0.25) is 0 Å². The number of allylic oxidation sites excluding steroid dienone is 1. The van der Waals surface area contributed by atoms with E-state index in [9.17, 15) is 9.90 Å². The first-order chi connectivity index (χ1) is 10.3. The van der Waals surface area contributed by atoms with Crippen molar-refractivity contribution < 1.29 is 9.90 Å². The summed E-state index contributed by atoms with van der Waals surface area (Å²) in [4.78, 5) is 13.1. The van der Waals surface area contributed by atoms with E-state index in [1.165, 1.54) is 5.57 Å². The molecule has 1 N–H and O–H groups in total. The minimum atomic E-state index is -0.854. The molecule has 1 aromatic rings. The highest BCUT2D eigenvalue weighted by Crippen LogP contribution is 2.32. The smallest absolute Gasteiger partial charge is 0.407 e. The number of carboxylic acid groups (broad SMARTS) is 1. The second kappa shape index (κ2) is 6.23. The van der Waals surface area contributed by atoms with Crippen LogP contribution in [0.4, 0.5) is 4.79 Å². The SMILES string of the molecule is CC(C)(C)N(C(=O)O)C1CC=C(c2ccc(C#N)cc2)CC1. The number of benzene rings is 1. The van der Waals surface area contributed by atoms with Crippen LogP contribution < -0.4 is 0 Å². The fourth-order valence-corrected chi connectivity index (χ4v) is 3.07. The van der Waals surface area contributed by atoms with Crippen molar-refractivity contribution in [2.75, 3.05) is 0 Å². The summed E-state index contributed by atoms with van der Waals surface area (Å²) in [6.45, 7) is 5.79. The Kier molecular flexibility index (Phi) is 4.56. The predicted octanol–water partition coefficient (Wildman–Crippen LogP) is 4.27. The lowest BCUT2D eigenvalue weighted by Gasteiger charge is -2.41. The summed E-state index contributed by atoms with van der Waals surface area (Å²) in [6.07, 6.45) is 3.70. The molecular weight excluding hydrogens is 276 g/mol. The number of carbonyl (C=O) groups is 1. The van der Waals surface area contributed by atoms with Gasteiger partial charge in [0.15, 0.2) is 0 Å². The molecule has 0 bridgehead atoms. The third kappa shape index (κ3) is 3.48.